The maximum absolute atomic E-state index is 12.3. The molecule has 122 valence electrons. The first-order valence-corrected chi connectivity index (χ1v) is 7.88. The highest BCUT2D eigenvalue weighted by Gasteiger charge is 2.48. The first-order chi connectivity index (χ1) is 11.2. The van der Waals surface area contributed by atoms with Crippen molar-refractivity contribution in [2.24, 2.45) is 11.1 Å². The van der Waals surface area contributed by atoms with Gasteiger partial charge in [0.15, 0.2) is 5.60 Å². The van der Waals surface area contributed by atoms with Gasteiger partial charge < -0.3 is 19.6 Å². The van der Waals surface area contributed by atoms with Crippen LogP contribution in [0, 0.1) is 5.92 Å². The highest BCUT2D eigenvalue weighted by Crippen LogP contribution is 2.34. The van der Waals surface area contributed by atoms with E-state index in [4.69, 9.17) is 9.36 Å². The van der Waals surface area contributed by atoms with Gasteiger partial charge in [0, 0.05) is 32.0 Å². The molecule has 0 aromatic carbocycles. The number of carbonyl (C=O) groups is 2. The standard InChI is InChI=1S/C15H18N4O4/c20-13(16-8-10-1-2-10)11-7-15(23-18-11)4-6-19(9-15)14(21)12-3-5-17-22-12/h3,5,10H,1-2,4,6-9H2,(H,16,20). The number of likely N-dealkylation sites (tertiary alicyclic amines) is 1. The third-order valence-corrected chi connectivity index (χ3v) is 4.60. The fourth-order valence-electron chi connectivity index (χ4n) is 3.02. The fraction of sp³-hybridized carbons (Fsp3) is 0.600. The Kier molecular flexibility index (Phi) is 3.32. The molecule has 1 spiro atoms. The maximum atomic E-state index is 12.3. The summed E-state index contributed by atoms with van der Waals surface area (Å²) >= 11 is 0. The van der Waals surface area contributed by atoms with Crippen LogP contribution in [-0.4, -0.2) is 52.8 Å². The minimum Gasteiger partial charge on any atom is -0.386 e. The van der Waals surface area contributed by atoms with E-state index in [2.05, 4.69) is 15.6 Å². The molecular formula is C15H18N4O4. The number of hydrogen-bond donors (Lipinski definition) is 1. The molecule has 1 saturated heterocycles. The number of nitrogens with one attached hydrogen (secondary N) is 1. The van der Waals surface area contributed by atoms with Crippen molar-refractivity contribution >= 4 is 17.5 Å². The summed E-state index contributed by atoms with van der Waals surface area (Å²) in [5.41, 5.74) is -0.165. The van der Waals surface area contributed by atoms with Crippen molar-refractivity contribution in [1.82, 2.24) is 15.4 Å². The Labute approximate surface area is 132 Å². The topological polar surface area (TPSA) is 97.0 Å². The summed E-state index contributed by atoms with van der Waals surface area (Å²) in [7, 11) is 0. The maximum Gasteiger partial charge on any atom is 0.292 e. The second-order valence-corrected chi connectivity index (χ2v) is 6.50. The van der Waals surface area contributed by atoms with E-state index in [0.29, 0.717) is 44.1 Å². The van der Waals surface area contributed by atoms with Gasteiger partial charge in [-0.15, -0.1) is 0 Å². The fourth-order valence-corrected chi connectivity index (χ4v) is 3.02. The van der Waals surface area contributed by atoms with Gasteiger partial charge in [-0.05, 0) is 18.8 Å². The molecule has 23 heavy (non-hydrogen) atoms. The van der Waals surface area contributed by atoms with E-state index in [1.165, 1.54) is 25.1 Å². The Morgan fingerprint density at radius 2 is 2.30 bits per heavy atom. The van der Waals surface area contributed by atoms with Crippen molar-refractivity contribution in [3.8, 4) is 0 Å². The van der Waals surface area contributed by atoms with Gasteiger partial charge in [0.1, 0.15) is 5.71 Å². The largest absolute Gasteiger partial charge is 0.386 e. The monoisotopic (exact) mass is 318 g/mol. The molecule has 1 aromatic rings. The van der Waals surface area contributed by atoms with E-state index < -0.39 is 5.60 Å². The third-order valence-electron chi connectivity index (χ3n) is 4.60. The van der Waals surface area contributed by atoms with Crippen LogP contribution in [0.3, 0.4) is 0 Å². The van der Waals surface area contributed by atoms with Gasteiger partial charge in [-0.25, -0.2) is 0 Å². The molecule has 1 aromatic heterocycles. The summed E-state index contributed by atoms with van der Waals surface area (Å²) < 4.78 is 4.90. The lowest BCUT2D eigenvalue weighted by Gasteiger charge is -2.20. The molecule has 1 unspecified atom stereocenters. The summed E-state index contributed by atoms with van der Waals surface area (Å²) in [5, 5.41) is 10.4. The smallest absolute Gasteiger partial charge is 0.292 e. The summed E-state index contributed by atoms with van der Waals surface area (Å²) in [5.74, 6) is 0.462. The highest BCUT2D eigenvalue weighted by atomic mass is 16.7. The molecule has 3 heterocycles. The van der Waals surface area contributed by atoms with Crippen molar-refractivity contribution < 1.29 is 18.9 Å². The zero-order chi connectivity index (χ0) is 15.9. The van der Waals surface area contributed by atoms with Crippen LogP contribution < -0.4 is 5.32 Å². The van der Waals surface area contributed by atoms with Gasteiger partial charge in [-0.2, -0.15) is 0 Å². The molecule has 1 saturated carbocycles. The van der Waals surface area contributed by atoms with Crippen LogP contribution >= 0.6 is 0 Å². The molecule has 2 amide bonds. The zero-order valence-electron chi connectivity index (χ0n) is 12.7. The van der Waals surface area contributed by atoms with E-state index in [-0.39, 0.29) is 17.6 Å². The molecule has 1 aliphatic carbocycles. The molecule has 3 aliphatic rings. The second-order valence-electron chi connectivity index (χ2n) is 6.50. The molecule has 8 nitrogen and oxygen atoms in total. The van der Waals surface area contributed by atoms with Crippen LogP contribution in [0.15, 0.2) is 21.9 Å². The lowest BCUT2D eigenvalue weighted by molar-refractivity contribution is -0.115. The van der Waals surface area contributed by atoms with Crippen LogP contribution in [0.4, 0.5) is 0 Å². The van der Waals surface area contributed by atoms with E-state index in [9.17, 15) is 9.59 Å². The second kappa shape index (κ2) is 5.36. The van der Waals surface area contributed by atoms with Crippen LogP contribution in [0.5, 0.6) is 0 Å². The van der Waals surface area contributed by atoms with Crippen molar-refractivity contribution in [1.29, 1.82) is 0 Å². The predicted octanol–water partition coefficient (Wildman–Crippen LogP) is 0.562. The van der Waals surface area contributed by atoms with E-state index in [1.807, 2.05) is 0 Å². The highest BCUT2D eigenvalue weighted by molar-refractivity contribution is 6.39. The Morgan fingerprint density at radius 1 is 1.43 bits per heavy atom. The Morgan fingerprint density at radius 3 is 3.04 bits per heavy atom. The Bertz CT molecular complexity index is 652. The van der Waals surface area contributed by atoms with Crippen molar-refractivity contribution in [2.75, 3.05) is 19.6 Å². The molecule has 2 fully saturated rings. The molecule has 1 atom stereocenters. The molecule has 2 aliphatic heterocycles. The number of aromatic nitrogens is 1. The van der Waals surface area contributed by atoms with Gasteiger partial charge in [0.25, 0.3) is 11.8 Å². The van der Waals surface area contributed by atoms with E-state index in [0.717, 1.165) is 0 Å². The molecule has 1 N–H and O–H groups in total. The molecule has 0 radical (unpaired) electrons. The number of rotatable bonds is 4. The van der Waals surface area contributed by atoms with Crippen LogP contribution in [-0.2, 0) is 9.63 Å². The van der Waals surface area contributed by atoms with Crippen LogP contribution in [0.2, 0.25) is 0 Å². The Hall–Kier alpha value is -2.38. The number of hydrogen-bond acceptors (Lipinski definition) is 6. The van der Waals surface area contributed by atoms with Crippen LogP contribution in [0.25, 0.3) is 0 Å². The SMILES string of the molecule is O=C(NCC1CC1)C1=NOC2(CCN(C(=O)c3ccno3)C2)C1. The van der Waals surface area contributed by atoms with Gasteiger partial charge in [0.2, 0.25) is 5.76 Å². The normalized spacial score (nSPS) is 26.3. The van der Waals surface area contributed by atoms with Crippen molar-refractivity contribution in [3.05, 3.63) is 18.0 Å². The van der Waals surface area contributed by atoms with Crippen molar-refractivity contribution in [2.45, 2.75) is 31.3 Å². The van der Waals surface area contributed by atoms with E-state index in [1.54, 1.807) is 4.90 Å². The number of carbonyl (C=O) groups excluding carboxylic acids is 2. The zero-order valence-corrected chi connectivity index (χ0v) is 12.7. The van der Waals surface area contributed by atoms with Gasteiger partial charge >= 0.3 is 0 Å². The molecule has 0 bridgehead atoms. The molecule has 8 heteroatoms. The first kappa shape index (κ1) is 14.2. The van der Waals surface area contributed by atoms with Gasteiger partial charge in [-0.1, -0.05) is 10.3 Å². The summed E-state index contributed by atoms with van der Waals surface area (Å²) in [6.07, 6.45) is 4.90. The quantitative estimate of drug-likeness (QED) is 0.875. The lowest BCUT2D eigenvalue weighted by atomic mass is 9.96. The predicted molar refractivity (Wildman–Crippen MR) is 78.6 cm³/mol. The van der Waals surface area contributed by atoms with Gasteiger partial charge in [-0.3, -0.25) is 9.59 Å². The minimum atomic E-state index is -0.581. The number of nitrogens with zero attached hydrogens (tertiary/aromatic N) is 3. The number of amides is 2. The average Bonchev–Trinajstić information content (AvgIpc) is 3.00. The first-order valence-electron chi connectivity index (χ1n) is 7.88. The van der Waals surface area contributed by atoms with E-state index >= 15 is 0 Å². The minimum absolute atomic E-state index is 0.159. The average molecular weight is 318 g/mol. The third kappa shape index (κ3) is 2.80. The lowest BCUT2D eigenvalue weighted by Crippen LogP contribution is -2.38. The Balaban J connectivity index is 1.34. The summed E-state index contributed by atoms with van der Waals surface area (Å²) in [6, 6.07) is 1.54. The van der Waals surface area contributed by atoms with Crippen molar-refractivity contribution in [3.63, 3.8) is 0 Å². The summed E-state index contributed by atoms with van der Waals surface area (Å²) in [4.78, 5) is 31.6. The van der Waals surface area contributed by atoms with Gasteiger partial charge in [0.05, 0.1) is 12.7 Å². The number of oxime groups is 1. The summed E-state index contributed by atoms with van der Waals surface area (Å²) in [6.45, 7) is 1.66. The molecule has 4 rings (SSSR count). The molecular weight excluding hydrogens is 300 g/mol. The van der Waals surface area contributed by atoms with Crippen LogP contribution in [0.1, 0.15) is 36.2 Å².